The topological polar surface area (TPSA) is 58.4 Å². The van der Waals surface area contributed by atoms with Gasteiger partial charge in [-0.2, -0.15) is 0 Å². The number of carbonyl (C=O) groups excluding carboxylic acids is 1. The summed E-state index contributed by atoms with van der Waals surface area (Å²) in [5.74, 6) is -0.357. The van der Waals surface area contributed by atoms with Crippen molar-refractivity contribution in [1.29, 1.82) is 0 Å². The molecule has 102 valence electrons. The standard InChI is InChI=1S/C14H18BrN3O/c15-9-1-4-12(14(16)19)13(7-9)18-6-5-10-2-3-11(8-18)17-10/h1,4,7,10-11,17H,2-3,5-6,8H2,(H2,16,19). The minimum atomic E-state index is -0.357. The van der Waals surface area contributed by atoms with Crippen LogP contribution >= 0.6 is 15.9 Å². The summed E-state index contributed by atoms with van der Waals surface area (Å²) in [7, 11) is 0. The van der Waals surface area contributed by atoms with Gasteiger partial charge < -0.3 is 16.0 Å². The number of anilines is 1. The van der Waals surface area contributed by atoms with E-state index in [1.807, 2.05) is 12.1 Å². The molecular formula is C14H18BrN3O. The predicted molar refractivity (Wildman–Crippen MR) is 79.4 cm³/mol. The summed E-state index contributed by atoms with van der Waals surface area (Å²) in [5, 5.41) is 3.65. The highest BCUT2D eigenvalue weighted by atomic mass is 79.9. The van der Waals surface area contributed by atoms with Gasteiger partial charge in [0, 0.05) is 29.6 Å². The lowest BCUT2D eigenvalue weighted by Crippen LogP contribution is -2.36. The van der Waals surface area contributed by atoms with Gasteiger partial charge >= 0.3 is 0 Å². The SMILES string of the molecule is NC(=O)c1ccc(Br)cc1N1CCC2CCC(C1)N2. The van der Waals surface area contributed by atoms with E-state index in [4.69, 9.17) is 5.73 Å². The molecule has 2 heterocycles. The fraction of sp³-hybridized carbons (Fsp3) is 0.500. The van der Waals surface area contributed by atoms with Crippen molar-refractivity contribution in [3.8, 4) is 0 Å². The molecule has 0 saturated carbocycles. The summed E-state index contributed by atoms with van der Waals surface area (Å²) >= 11 is 3.48. The van der Waals surface area contributed by atoms with E-state index in [-0.39, 0.29) is 5.91 Å². The van der Waals surface area contributed by atoms with E-state index in [1.165, 1.54) is 12.8 Å². The summed E-state index contributed by atoms with van der Waals surface area (Å²) in [5.41, 5.74) is 7.06. The Morgan fingerprint density at radius 2 is 2.11 bits per heavy atom. The summed E-state index contributed by atoms with van der Waals surface area (Å²) in [4.78, 5) is 13.9. The molecule has 0 radical (unpaired) electrons. The monoisotopic (exact) mass is 323 g/mol. The molecule has 4 nitrogen and oxygen atoms in total. The molecule has 3 rings (SSSR count). The zero-order chi connectivity index (χ0) is 13.4. The second-order valence-electron chi connectivity index (χ2n) is 5.40. The van der Waals surface area contributed by atoms with Gasteiger partial charge in [-0.15, -0.1) is 0 Å². The maximum absolute atomic E-state index is 11.6. The van der Waals surface area contributed by atoms with E-state index in [0.717, 1.165) is 29.7 Å². The van der Waals surface area contributed by atoms with E-state index in [9.17, 15) is 4.79 Å². The first-order chi connectivity index (χ1) is 9.13. The van der Waals surface area contributed by atoms with Crippen LogP contribution in [0.15, 0.2) is 22.7 Å². The summed E-state index contributed by atoms with van der Waals surface area (Å²) < 4.78 is 0.981. The average Bonchev–Trinajstić information content (AvgIpc) is 2.68. The summed E-state index contributed by atoms with van der Waals surface area (Å²) in [6.07, 6.45) is 3.63. The molecule has 2 saturated heterocycles. The van der Waals surface area contributed by atoms with Crippen molar-refractivity contribution in [3.63, 3.8) is 0 Å². The summed E-state index contributed by atoms with van der Waals surface area (Å²) in [6.45, 7) is 1.93. The third kappa shape index (κ3) is 2.62. The number of hydrogen-bond acceptors (Lipinski definition) is 3. The Kier molecular flexibility index (Phi) is 3.50. The van der Waals surface area contributed by atoms with Gasteiger partial charge in [0.2, 0.25) is 0 Å². The van der Waals surface area contributed by atoms with Crippen LogP contribution in [0.5, 0.6) is 0 Å². The minimum Gasteiger partial charge on any atom is -0.369 e. The molecule has 2 bridgehead atoms. The Morgan fingerprint density at radius 1 is 1.32 bits per heavy atom. The van der Waals surface area contributed by atoms with Gasteiger partial charge in [-0.25, -0.2) is 0 Å². The number of rotatable bonds is 2. The van der Waals surface area contributed by atoms with Crippen molar-refractivity contribution in [2.45, 2.75) is 31.3 Å². The highest BCUT2D eigenvalue weighted by Gasteiger charge is 2.30. The highest BCUT2D eigenvalue weighted by molar-refractivity contribution is 9.10. The van der Waals surface area contributed by atoms with Crippen LogP contribution in [0.25, 0.3) is 0 Å². The third-order valence-electron chi connectivity index (χ3n) is 4.09. The van der Waals surface area contributed by atoms with Crippen LogP contribution in [0.1, 0.15) is 29.6 Å². The molecule has 0 spiro atoms. The Labute approximate surface area is 121 Å². The minimum absolute atomic E-state index is 0.357. The van der Waals surface area contributed by atoms with Crippen LogP contribution in [0.2, 0.25) is 0 Å². The molecule has 2 unspecified atom stereocenters. The lowest BCUT2D eigenvalue weighted by molar-refractivity contribution is 0.100. The van der Waals surface area contributed by atoms with Gasteiger partial charge in [-0.05, 0) is 37.5 Å². The molecule has 0 aliphatic carbocycles. The van der Waals surface area contributed by atoms with Crippen molar-refractivity contribution in [2.75, 3.05) is 18.0 Å². The van der Waals surface area contributed by atoms with Gasteiger partial charge in [0.05, 0.1) is 11.3 Å². The van der Waals surface area contributed by atoms with Crippen molar-refractivity contribution in [3.05, 3.63) is 28.2 Å². The van der Waals surface area contributed by atoms with E-state index in [0.29, 0.717) is 17.6 Å². The molecule has 5 heteroatoms. The van der Waals surface area contributed by atoms with Crippen molar-refractivity contribution in [2.24, 2.45) is 5.73 Å². The van der Waals surface area contributed by atoms with Gasteiger partial charge in [-0.1, -0.05) is 15.9 Å². The zero-order valence-electron chi connectivity index (χ0n) is 10.7. The van der Waals surface area contributed by atoms with E-state index in [2.05, 4.69) is 26.1 Å². The van der Waals surface area contributed by atoms with Crippen molar-refractivity contribution >= 4 is 27.5 Å². The largest absolute Gasteiger partial charge is 0.369 e. The maximum atomic E-state index is 11.6. The quantitative estimate of drug-likeness (QED) is 0.873. The number of nitrogens with zero attached hydrogens (tertiary/aromatic N) is 1. The zero-order valence-corrected chi connectivity index (χ0v) is 12.3. The Morgan fingerprint density at radius 3 is 2.89 bits per heavy atom. The molecule has 2 fully saturated rings. The molecule has 2 atom stereocenters. The molecule has 2 aliphatic rings. The average molecular weight is 324 g/mol. The Hall–Kier alpha value is -1.07. The lowest BCUT2D eigenvalue weighted by Gasteiger charge is -2.28. The molecule has 0 aromatic heterocycles. The van der Waals surface area contributed by atoms with Crippen LogP contribution < -0.4 is 16.0 Å². The number of carbonyl (C=O) groups is 1. The van der Waals surface area contributed by atoms with E-state index in [1.54, 1.807) is 6.07 Å². The lowest BCUT2D eigenvalue weighted by atomic mass is 10.1. The molecule has 1 aromatic rings. The second-order valence-corrected chi connectivity index (χ2v) is 6.31. The smallest absolute Gasteiger partial charge is 0.250 e. The number of nitrogens with two attached hydrogens (primary N) is 1. The fourth-order valence-electron chi connectivity index (χ4n) is 3.14. The van der Waals surface area contributed by atoms with Crippen LogP contribution in [0.4, 0.5) is 5.69 Å². The highest BCUT2D eigenvalue weighted by Crippen LogP contribution is 2.29. The number of benzene rings is 1. The fourth-order valence-corrected chi connectivity index (χ4v) is 3.49. The first-order valence-electron chi connectivity index (χ1n) is 6.74. The number of amides is 1. The summed E-state index contributed by atoms with van der Waals surface area (Å²) in [6, 6.07) is 6.84. The number of nitrogens with one attached hydrogen (secondary N) is 1. The normalized spacial score (nSPS) is 26.3. The molecule has 2 aliphatic heterocycles. The Balaban J connectivity index is 1.92. The van der Waals surface area contributed by atoms with Gasteiger partial charge in [0.1, 0.15) is 0 Å². The van der Waals surface area contributed by atoms with E-state index >= 15 is 0 Å². The second kappa shape index (κ2) is 5.13. The van der Waals surface area contributed by atoms with Crippen LogP contribution in [0.3, 0.4) is 0 Å². The predicted octanol–water partition coefficient (Wildman–Crippen LogP) is 1.88. The molecule has 3 N–H and O–H groups in total. The van der Waals surface area contributed by atoms with Gasteiger partial charge in [0.25, 0.3) is 5.91 Å². The van der Waals surface area contributed by atoms with Crippen LogP contribution in [0, 0.1) is 0 Å². The van der Waals surface area contributed by atoms with Gasteiger partial charge in [-0.3, -0.25) is 4.79 Å². The van der Waals surface area contributed by atoms with Crippen molar-refractivity contribution < 1.29 is 4.79 Å². The first-order valence-corrected chi connectivity index (χ1v) is 7.53. The van der Waals surface area contributed by atoms with Gasteiger partial charge in [0.15, 0.2) is 0 Å². The number of hydrogen-bond donors (Lipinski definition) is 2. The molecule has 1 amide bonds. The number of halogens is 1. The van der Waals surface area contributed by atoms with Crippen molar-refractivity contribution in [1.82, 2.24) is 5.32 Å². The number of fused-ring (bicyclic) bond motifs is 2. The molecule has 1 aromatic carbocycles. The maximum Gasteiger partial charge on any atom is 0.250 e. The molecular weight excluding hydrogens is 306 g/mol. The number of primary amides is 1. The molecule has 19 heavy (non-hydrogen) atoms. The Bertz CT molecular complexity index is 505. The van der Waals surface area contributed by atoms with Crippen LogP contribution in [-0.2, 0) is 0 Å². The van der Waals surface area contributed by atoms with Crippen LogP contribution in [-0.4, -0.2) is 31.1 Å². The first kappa shape index (κ1) is 12.9. The third-order valence-corrected chi connectivity index (χ3v) is 4.58. The van der Waals surface area contributed by atoms with E-state index < -0.39 is 0 Å².